The van der Waals surface area contributed by atoms with Gasteiger partial charge < -0.3 is 5.32 Å². The molecule has 0 saturated carbocycles. The molecular weight excluding hydrogens is 285 g/mol. The van der Waals surface area contributed by atoms with E-state index in [9.17, 15) is 9.18 Å². The molecule has 0 fully saturated rings. The van der Waals surface area contributed by atoms with Gasteiger partial charge in [-0.25, -0.2) is 4.39 Å². The molecule has 0 aliphatic rings. The molecule has 0 unspecified atom stereocenters. The molecule has 1 N–H and O–H groups in total. The van der Waals surface area contributed by atoms with E-state index in [4.69, 9.17) is 0 Å². The van der Waals surface area contributed by atoms with E-state index >= 15 is 0 Å². The second-order valence-corrected chi connectivity index (χ2v) is 5.95. The van der Waals surface area contributed by atoms with E-state index in [-0.39, 0.29) is 11.7 Å². The third-order valence-corrected chi connectivity index (χ3v) is 4.21. The van der Waals surface area contributed by atoms with Crippen molar-refractivity contribution in [1.29, 1.82) is 0 Å². The van der Waals surface area contributed by atoms with Crippen molar-refractivity contribution in [2.24, 2.45) is 0 Å². The summed E-state index contributed by atoms with van der Waals surface area (Å²) < 4.78 is 12.8. The van der Waals surface area contributed by atoms with Crippen LogP contribution in [0, 0.1) is 19.7 Å². The number of hydrogen-bond donors (Lipinski definition) is 1. The first-order chi connectivity index (χ1) is 10.0. The van der Waals surface area contributed by atoms with Crippen molar-refractivity contribution in [3.05, 3.63) is 65.0 Å². The average Bonchev–Trinajstić information content (AvgIpc) is 2.45. The molecular formula is C17H18FNOS. The Labute approximate surface area is 128 Å². The van der Waals surface area contributed by atoms with E-state index in [1.54, 1.807) is 12.1 Å². The first-order valence-electron chi connectivity index (χ1n) is 6.74. The minimum atomic E-state index is -0.240. The van der Waals surface area contributed by atoms with Crippen molar-refractivity contribution in [3.8, 4) is 0 Å². The Hall–Kier alpha value is -1.81. The summed E-state index contributed by atoms with van der Waals surface area (Å²) in [7, 11) is 0. The van der Waals surface area contributed by atoms with Crippen molar-refractivity contribution in [2.75, 3.05) is 11.1 Å². The number of benzene rings is 2. The number of carbonyl (C=O) groups is 1. The molecule has 0 aliphatic heterocycles. The van der Waals surface area contributed by atoms with Gasteiger partial charge in [0.25, 0.3) is 0 Å². The van der Waals surface area contributed by atoms with Crippen molar-refractivity contribution < 1.29 is 9.18 Å². The topological polar surface area (TPSA) is 29.1 Å². The number of nitrogens with one attached hydrogen (secondary N) is 1. The summed E-state index contributed by atoms with van der Waals surface area (Å²) in [6.07, 6.45) is 0. The van der Waals surface area contributed by atoms with Crippen LogP contribution in [-0.2, 0) is 10.5 Å². The maximum atomic E-state index is 12.8. The molecule has 110 valence electrons. The highest BCUT2D eigenvalue weighted by atomic mass is 32.2. The van der Waals surface area contributed by atoms with Gasteiger partial charge in [0.05, 0.1) is 5.75 Å². The predicted molar refractivity (Wildman–Crippen MR) is 87.1 cm³/mol. The Morgan fingerprint density at radius 1 is 1.10 bits per heavy atom. The van der Waals surface area contributed by atoms with E-state index in [2.05, 4.69) is 5.32 Å². The van der Waals surface area contributed by atoms with Crippen molar-refractivity contribution in [2.45, 2.75) is 19.6 Å². The number of aryl methyl sites for hydroxylation is 2. The monoisotopic (exact) mass is 303 g/mol. The summed E-state index contributed by atoms with van der Waals surface area (Å²) in [5, 5.41) is 2.89. The first-order valence-corrected chi connectivity index (χ1v) is 7.89. The quantitative estimate of drug-likeness (QED) is 0.891. The summed E-state index contributed by atoms with van der Waals surface area (Å²) in [4.78, 5) is 11.9. The van der Waals surface area contributed by atoms with E-state index < -0.39 is 0 Å². The fourth-order valence-corrected chi connectivity index (χ4v) is 2.65. The van der Waals surface area contributed by atoms with Crippen LogP contribution in [0.4, 0.5) is 10.1 Å². The number of anilines is 1. The van der Waals surface area contributed by atoms with E-state index in [0.717, 1.165) is 16.8 Å². The van der Waals surface area contributed by atoms with Crippen LogP contribution in [0.3, 0.4) is 0 Å². The molecule has 0 bridgehead atoms. The molecule has 0 spiro atoms. The lowest BCUT2D eigenvalue weighted by atomic mass is 10.1. The Bertz CT molecular complexity index is 625. The van der Waals surface area contributed by atoms with Gasteiger partial charge >= 0.3 is 0 Å². The molecule has 0 heterocycles. The Morgan fingerprint density at radius 3 is 2.48 bits per heavy atom. The lowest BCUT2D eigenvalue weighted by Gasteiger charge is -2.07. The molecule has 2 aromatic carbocycles. The lowest BCUT2D eigenvalue weighted by molar-refractivity contribution is -0.113. The first kappa shape index (κ1) is 15.6. The second kappa shape index (κ2) is 7.27. The summed E-state index contributed by atoms with van der Waals surface area (Å²) in [5.41, 5.74) is 4.20. The van der Waals surface area contributed by atoms with Crippen LogP contribution in [0.1, 0.15) is 16.7 Å². The van der Waals surface area contributed by atoms with Crippen molar-refractivity contribution in [1.82, 2.24) is 0 Å². The van der Waals surface area contributed by atoms with Gasteiger partial charge in [0.1, 0.15) is 5.82 Å². The van der Waals surface area contributed by atoms with Gasteiger partial charge in [-0.3, -0.25) is 4.79 Å². The summed E-state index contributed by atoms with van der Waals surface area (Å²) in [6, 6.07) is 12.2. The number of amides is 1. The van der Waals surface area contributed by atoms with Gasteiger partial charge in [0.15, 0.2) is 0 Å². The molecule has 0 atom stereocenters. The fraction of sp³-hybridized carbons (Fsp3) is 0.235. The SMILES string of the molecule is Cc1ccc(NC(=O)CSCc2ccc(F)cc2)cc1C. The van der Waals surface area contributed by atoms with E-state index in [1.807, 2.05) is 32.0 Å². The largest absolute Gasteiger partial charge is 0.325 e. The number of rotatable bonds is 5. The van der Waals surface area contributed by atoms with Crippen LogP contribution in [-0.4, -0.2) is 11.7 Å². The van der Waals surface area contributed by atoms with Gasteiger partial charge in [-0.05, 0) is 54.8 Å². The number of hydrogen-bond acceptors (Lipinski definition) is 2. The van der Waals surface area contributed by atoms with Crippen molar-refractivity contribution in [3.63, 3.8) is 0 Å². The molecule has 0 aromatic heterocycles. The normalized spacial score (nSPS) is 10.4. The zero-order valence-corrected chi connectivity index (χ0v) is 13.0. The standard InChI is InChI=1S/C17H18FNOS/c1-12-3-8-16(9-13(12)2)19-17(20)11-21-10-14-4-6-15(18)7-5-14/h3-9H,10-11H2,1-2H3,(H,19,20). The lowest BCUT2D eigenvalue weighted by Crippen LogP contribution is -2.14. The Morgan fingerprint density at radius 2 is 1.81 bits per heavy atom. The highest BCUT2D eigenvalue weighted by molar-refractivity contribution is 7.99. The van der Waals surface area contributed by atoms with Crippen LogP contribution in [0.15, 0.2) is 42.5 Å². The third kappa shape index (κ3) is 4.90. The minimum absolute atomic E-state index is 0.0228. The van der Waals surface area contributed by atoms with Crippen LogP contribution in [0.5, 0.6) is 0 Å². The zero-order chi connectivity index (χ0) is 15.2. The van der Waals surface area contributed by atoms with Crippen LogP contribution >= 0.6 is 11.8 Å². The average molecular weight is 303 g/mol. The van der Waals surface area contributed by atoms with E-state index in [1.165, 1.54) is 29.5 Å². The third-order valence-electron chi connectivity index (χ3n) is 3.21. The predicted octanol–water partition coefficient (Wildman–Crippen LogP) is 4.31. The second-order valence-electron chi connectivity index (χ2n) is 4.97. The summed E-state index contributed by atoms with van der Waals surface area (Å²) >= 11 is 1.51. The zero-order valence-electron chi connectivity index (χ0n) is 12.2. The maximum Gasteiger partial charge on any atom is 0.234 e. The van der Waals surface area contributed by atoms with Crippen LogP contribution in [0.25, 0.3) is 0 Å². The molecule has 2 rings (SSSR count). The molecule has 1 amide bonds. The maximum absolute atomic E-state index is 12.8. The fourth-order valence-electron chi connectivity index (χ4n) is 1.86. The van der Waals surface area contributed by atoms with Gasteiger partial charge in [-0.1, -0.05) is 18.2 Å². The van der Waals surface area contributed by atoms with Gasteiger partial charge in [0, 0.05) is 11.4 Å². The van der Waals surface area contributed by atoms with Crippen molar-refractivity contribution >= 4 is 23.4 Å². The molecule has 4 heteroatoms. The molecule has 0 saturated heterocycles. The van der Waals surface area contributed by atoms with Crippen LogP contribution in [0.2, 0.25) is 0 Å². The summed E-state index contributed by atoms with van der Waals surface area (Å²) in [5.74, 6) is 0.812. The Balaban J connectivity index is 1.79. The van der Waals surface area contributed by atoms with E-state index in [0.29, 0.717) is 11.5 Å². The highest BCUT2D eigenvalue weighted by Crippen LogP contribution is 2.16. The molecule has 2 aromatic rings. The van der Waals surface area contributed by atoms with Gasteiger partial charge in [-0.2, -0.15) is 0 Å². The van der Waals surface area contributed by atoms with Gasteiger partial charge in [-0.15, -0.1) is 11.8 Å². The molecule has 2 nitrogen and oxygen atoms in total. The highest BCUT2D eigenvalue weighted by Gasteiger charge is 2.04. The number of thioether (sulfide) groups is 1. The smallest absolute Gasteiger partial charge is 0.234 e. The molecule has 0 aliphatic carbocycles. The minimum Gasteiger partial charge on any atom is -0.325 e. The number of carbonyl (C=O) groups excluding carboxylic acids is 1. The molecule has 21 heavy (non-hydrogen) atoms. The number of halogens is 1. The van der Waals surface area contributed by atoms with Gasteiger partial charge in [0.2, 0.25) is 5.91 Å². The Kier molecular flexibility index (Phi) is 5.39. The summed E-state index contributed by atoms with van der Waals surface area (Å²) in [6.45, 7) is 4.06. The van der Waals surface area contributed by atoms with Crippen LogP contribution < -0.4 is 5.32 Å². The molecule has 0 radical (unpaired) electrons.